The minimum atomic E-state index is -4.67. The quantitative estimate of drug-likeness (QED) is 0.265. The molecule has 0 fully saturated rings. The minimum absolute atomic E-state index is 0. The summed E-state index contributed by atoms with van der Waals surface area (Å²) in [7, 11) is -4.67. The fourth-order valence-corrected chi connectivity index (χ4v) is 0.470. The van der Waals surface area contributed by atoms with E-state index in [4.69, 9.17) is 34.9 Å². The number of aromatic nitrogens is 1. The summed E-state index contributed by atoms with van der Waals surface area (Å²) >= 11 is 5.47. The topological polar surface area (TPSA) is 114 Å². The molecule has 4 N–H and O–H groups in total. The molecule has 0 aliphatic rings. The summed E-state index contributed by atoms with van der Waals surface area (Å²) in [5, 5.41) is 0.382. The summed E-state index contributed by atoms with van der Waals surface area (Å²) in [5.74, 6) is 0.328. The zero-order chi connectivity index (χ0) is 10.5. The van der Waals surface area contributed by atoms with Crippen molar-refractivity contribution >= 4 is 27.8 Å². The van der Waals surface area contributed by atoms with E-state index < -0.39 is 10.4 Å². The predicted molar refractivity (Wildman–Crippen MR) is 46.7 cm³/mol. The molecule has 0 radical (unpaired) electrons. The molecule has 0 bridgehead atoms. The second-order valence-corrected chi connectivity index (χ2v) is 3.01. The van der Waals surface area contributed by atoms with Crippen molar-refractivity contribution in [3.05, 3.63) is 23.4 Å². The molecule has 1 rings (SSSR count). The Labute approximate surface area is 108 Å². The smallest absolute Gasteiger partial charge is 0.434 e. The maximum absolute atomic E-state index is 8.74. The van der Waals surface area contributed by atoms with E-state index in [1.807, 2.05) is 0 Å². The van der Waals surface area contributed by atoms with Gasteiger partial charge in [-0.05, 0) is 5.02 Å². The number of anilines is 1. The van der Waals surface area contributed by atoms with Gasteiger partial charge in [0.15, 0.2) is 0 Å². The van der Waals surface area contributed by atoms with Gasteiger partial charge in [0, 0.05) is 5.82 Å². The molecule has 0 aromatic carbocycles. The van der Waals surface area contributed by atoms with Crippen molar-refractivity contribution in [2.24, 2.45) is 0 Å². The van der Waals surface area contributed by atoms with Crippen molar-refractivity contribution < 1.29 is 47.1 Å². The first-order valence-corrected chi connectivity index (χ1v) is 4.55. The number of rotatable bonds is 0. The molecule has 0 atom stereocenters. The van der Waals surface area contributed by atoms with Crippen LogP contribution in [0.3, 0.4) is 0 Å². The van der Waals surface area contributed by atoms with E-state index in [-0.39, 0.29) is 29.6 Å². The first-order chi connectivity index (χ1) is 5.80. The van der Waals surface area contributed by atoms with Gasteiger partial charge in [0.05, 0.1) is 0 Å². The van der Waals surface area contributed by atoms with E-state index in [0.29, 0.717) is 10.8 Å². The molecule has 0 saturated carbocycles. The maximum atomic E-state index is 8.74. The molecule has 1 heterocycles. The average Bonchev–Trinajstić information content (AvgIpc) is 1.92. The predicted octanol–water partition coefficient (Wildman–Crippen LogP) is -2.53. The van der Waals surface area contributed by atoms with Crippen LogP contribution >= 0.6 is 11.6 Å². The van der Waals surface area contributed by atoms with E-state index in [0.717, 1.165) is 0 Å². The monoisotopic (exact) mass is 248 g/mol. The van der Waals surface area contributed by atoms with Gasteiger partial charge in [0.2, 0.25) is 0 Å². The number of hydrogen-bond donors (Lipinski definition) is 3. The average molecular weight is 249 g/mol. The van der Waals surface area contributed by atoms with Crippen molar-refractivity contribution in [2.45, 2.75) is 0 Å². The van der Waals surface area contributed by atoms with E-state index in [1.54, 1.807) is 12.3 Å². The van der Waals surface area contributed by atoms with Crippen molar-refractivity contribution in [3.8, 4) is 0 Å². The molecule has 9 heteroatoms. The van der Waals surface area contributed by atoms with Crippen LogP contribution in [-0.2, 0) is 10.4 Å². The molecular weight excluding hydrogens is 243 g/mol. The number of hydrogen-bond acceptors (Lipinski definition) is 4. The molecule has 0 spiro atoms. The Morgan fingerprint density at radius 3 is 2.14 bits per heavy atom. The van der Waals surface area contributed by atoms with Crippen LogP contribution in [0.15, 0.2) is 12.3 Å². The summed E-state index contributed by atoms with van der Waals surface area (Å²) < 4.78 is 31.6. The van der Waals surface area contributed by atoms with Gasteiger partial charge in [0.25, 0.3) is 0 Å². The summed E-state index contributed by atoms with van der Waals surface area (Å²) in [6.07, 6.45) is 1.54. The Balaban J connectivity index is 0. The van der Waals surface area contributed by atoms with Crippen LogP contribution in [-0.4, -0.2) is 22.5 Å². The largest absolute Gasteiger partial charge is 1.00 e. The third-order valence-electron chi connectivity index (χ3n) is 0.723. The van der Waals surface area contributed by atoms with Crippen LogP contribution in [0.2, 0.25) is 5.02 Å². The number of pyridine rings is 1. The van der Waals surface area contributed by atoms with Crippen LogP contribution in [0.25, 0.3) is 0 Å². The molecule has 0 unspecified atom stereocenters. The van der Waals surface area contributed by atoms with Gasteiger partial charge in [-0.15, -0.1) is 11.6 Å². The van der Waals surface area contributed by atoms with E-state index in [1.165, 1.54) is 0 Å². The summed E-state index contributed by atoms with van der Waals surface area (Å²) in [6, 6.07) is 4.29. The van der Waals surface area contributed by atoms with Crippen LogP contribution in [0, 0.1) is 6.07 Å². The SMILES string of the molecule is Nc1ncc[c-]c1Cl.O=S(=O)(O)O.[Na+]. The normalized spacial score (nSPS) is 9.36. The van der Waals surface area contributed by atoms with Crippen molar-refractivity contribution in [1.29, 1.82) is 0 Å². The van der Waals surface area contributed by atoms with Gasteiger partial charge >= 0.3 is 40.0 Å². The fraction of sp³-hybridized carbons (Fsp3) is 0. The van der Waals surface area contributed by atoms with Gasteiger partial charge in [0.1, 0.15) is 0 Å². The third-order valence-corrected chi connectivity index (χ3v) is 1.03. The summed E-state index contributed by atoms with van der Waals surface area (Å²) in [6.45, 7) is 0. The molecule has 6 nitrogen and oxygen atoms in total. The Morgan fingerprint density at radius 2 is 1.93 bits per heavy atom. The molecule has 0 amide bonds. The van der Waals surface area contributed by atoms with E-state index in [2.05, 4.69) is 11.1 Å². The maximum Gasteiger partial charge on any atom is 1.00 e. The molecule has 0 aliphatic carbocycles. The molecule has 1 aromatic rings. The molecule has 0 aliphatic heterocycles. The van der Waals surface area contributed by atoms with Gasteiger partial charge in [-0.25, -0.2) is 0 Å². The van der Waals surface area contributed by atoms with Gasteiger partial charge < -0.3 is 10.7 Å². The van der Waals surface area contributed by atoms with Crippen molar-refractivity contribution in [3.63, 3.8) is 0 Å². The number of nitrogens with two attached hydrogens (primary N) is 1. The van der Waals surface area contributed by atoms with E-state index in [9.17, 15) is 0 Å². The third kappa shape index (κ3) is 12.1. The standard InChI is InChI=1S/C5H4ClN2.Na.H2O4S/c6-4-2-1-3-8-5(4)7;;1-5(2,3)4/h1,3H,(H2,7,8);;(H2,1,2,3,4)/q-1;+1;. The molecular formula is C5H6ClN2NaO4S. The van der Waals surface area contributed by atoms with Crippen molar-refractivity contribution in [2.75, 3.05) is 5.73 Å². The summed E-state index contributed by atoms with van der Waals surface area (Å²) in [5.41, 5.74) is 5.25. The first kappa shape index (κ1) is 16.5. The molecule has 74 valence electrons. The van der Waals surface area contributed by atoms with Crippen LogP contribution < -0.4 is 35.3 Å². The zero-order valence-corrected chi connectivity index (χ0v) is 10.7. The summed E-state index contributed by atoms with van der Waals surface area (Å²) in [4.78, 5) is 3.69. The second-order valence-electron chi connectivity index (χ2n) is 1.74. The van der Waals surface area contributed by atoms with Gasteiger partial charge in [-0.2, -0.15) is 20.6 Å². The number of nitrogens with zero attached hydrogens (tertiary/aromatic N) is 1. The zero-order valence-electron chi connectivity index (χ0n) is 7.18. The van der Waals surface area contributed by atoms with Crippen LogP contribution in [0.4, 0.5) is 5.82 Å². The Hall–Kier alpha value is 0.110. The molecule has 14 heavy (non-hydrogen) atoms. The van der Waals surface area contributed by atoms with Crippen LogP contribution in [0.1, 0.15) is 0 Å². The Kier molecular flexibility index (Phi) is 8.75. The van der Waals surface area contributed by atoms with Crippen LogP contribution in [0.5, 0.6) is 0 Å². The first-order valence-electron chi connectivity index (χ1n) is 2.78. The second kappa shape index (κ2) is 7.41. The Bertz CT molecular complexity index is 343. The Morgan fingerprint density at radius 1 is 1.50 bits per heavy atom. The van der Waals surface area contributed by atoms with E-state index >= 15 is 0 Å². The fourth-order valence-electron chi connectivity index (χ4n) is 0.359. The molecule has 1 aromatic heterocycles. The number of halogens is 1. The molecule has 0 saturated heterocycles. The van der Waals surface area contributed by atoms with Crippen molar-refractivity contribution in [1.82, 2.24) is 4.98 Å². The minimum Gasteiger partial charge on any atom is -0.434 e. The number of nitrogen functional groups attached to an aromatic ring is 1. The van der Waals surface area contributed by atoms with Gasteiger partial charge in [-0.3, -0.25) is 9.11 Å². The van der Waals surface area contributed by atoms with Gasteiger partial charge in [-0.1, -0.05) is 6.20 Å².